The van der Waals surface area contributed by atoms with Gasteiger partial charge in [-0.3, -0.25) is 19.7 Å². The highest BCUT2D eigenvalue weighted by molar-refractivity contribution is 6.43. The number of nitrogens with zero attached hydrogens (tertiary/aromatic N) is 1. The van der Waals surface area contributed by atoms with E-state index in [1.54, 1.807) is 0 Å². The molecule has 2 rings (SSSR count). The van der Waals surface area contributed by atoms with E-state index >= 15 is 0 Å². The Morgan fingerprint density at radius 3 is 2.12 bits per heavy atom. The van der Waals surface area contributed by atoms with Crippen molar-refractivity contribution < 1.29 is 24.0 Å². The van der Waals surface area contributed by atoms with E-state index in [0.717, 1.165) is 6.07 Å². The van der Waals surface area contributed by atoms with Gasteiger partial charge in [0.05, 0.1) is 17.6 Å². The Labute approximate surface area is 141 Å². The van der Waals surface area contributed by atoms with E-state index in [1.807, 2.05) is 0 Å². The Hall–Kier alpha value is -3.75. The summed E-state index contributed by atoms with van der Waals surface area (Å²) in [5.74, 6) is -2.48. The van der Waals surface area contributed by atoms with Crippen LogP contribution >= 0.6 is 0 Å². The molecular formula is C16H13N3O6. The summed E-state index contributed by atoms with van der Waals surface area (Å²) in [6.07, 6.45) is 0. The maximum Gasteiger partial charge on any atom is 0.337 e. The van der Waals surface area contributed by atoms with Crippen LogP contribution in [0.1, 0.15) is 10.4 Å². The van der Waals surface area contributed by atoms with Gasteiger partial charge in [0.2, 0.25) is 0 Å². The maximum atomic E-state index is 11.9. The second kappa shape index (κ2) is 7.68. The third-order valence-electron chi connectivity index (χ3n) is 3.08. The number of ether oxygens (including phenoxy) is 1. The maximum absolute atomic E-state index is 11.9. The molecule has 2 aromatic carbocycles. The molecule has 9 heteroatoms. The van der Waals surface area contributed by atoms with Crippen LogP contribution in [0.5, 0.6) is 0 Å². The quantitative estimate of drug-likeness (QED) is 0.378. The number of amides is 2. The molecule has 2 aromatic rings. The van der Waals surface area contributed by atoms with Crippen molar-refractivity contribution in [1.29, 1.82) is 0 Å². The van der Waals surface area contributed by atoms with Gasteiger partial charge < -0.3 is 15.4 Å². The molecule has 0 aliphatic heterocycles. The number of nitro benzene ring substituents is 1. The number of carbonyl (C=O) groups is 3. The Balaban J connectivity index is 2.00. The zero-order chi connectivity index (χ0) is 18.4. The van der Waals surface area contributed by atoms with Crippen LogP contribution in [-0.4, -0.2) is 29.8 Å². The summed E-state index contributed by atoms with van der Waals surface area (Å²) in [5, 5.41) is 15.3. The molecule has 0 bridgehead atoms. The molecule has 9 nitrogen and oxygen atoms in total. The molecule has 0 saturated heterocycles. The second-order valence-corrected chi connectivity index (χ2v) is 4.78. The van der Waals surface area contributed by atoms with Gasteiger partial charge in [0.15, 0.2) is 0 Å². The Kier molecular flexibility index (Phi) is 5.41. The first-order valence-corrected chi connectivity index (χ1v) is 6.96. The fraction of sp³-hybridized carbons (Fsp3) is 0.0625. The van der Waals surface area contributed by atoms with Crippen LogP contribution in [-0.2, 0) is 14.3 Å². The smallest absolute Gasteiger partial charge is 0.337 e. The van der Waals surface area contributed by atoms with Crippen LogP contribution in [0.3, 0.4) is 0 Å². The second-order valence-electron chi connectivity index (χ2n) is 4.78. The number of hydrogen-bond donors (Lipinski definition) is 2. The number of anilines is 2. The van der Waals surface area contributed by atoms with Crippen molar-refractivity contribution in [3.63, 3.8) is 0 Å². The number of non-ortho nitro benzene ring substituents is 1. The third kappa shape index (κ3) is 4.61. The number of nitro groups is 1. The fourth-order valence-corrected chi connectivity index (χ4v) is 1.88. The summed E-state index contributed by atoms with van der Waals surface area (Å²) in [7, 11) is 1.25. The van der Waals surface area contributed by atoms with Crippen molar-refractivity contribution in [3.8, 4) is 0 Å². The minimum Gasteiger partial charge on any atom is -0.465 e. The first kappa shape index (κ1) is 17.6. The zero-order valence-electron chi connectivity index (χ0n) is 13.0. The van der Waals surface area contributed by atoms with Crippen LogP contribution in [0, 0.1) is 10.1 Å². The van der Waals surface area contributed by atoms with Crippen LogP contribution < -0.4 is 10.6 Å². The van der Waals surface area contributed by atoms with Crippen molar-refractivity contribution >= 4 is 34.8 Å². The van der Waals surface area contributed by atoms with Gasteiger partial charge in [0.25, 0.3) is 5.69 Å². The molecule has 2 amide bonds. The van der Waals surface area contributed by atoms with Crippen molar-refractivity contribution in [2.24, 2.45) is 0 Å². The molecule has 0 unspecified atom stereocenters. The molecule has 0 saturated carbocycles. The number of hydrogen-bond acceptors (Lipinski definition) is 6. The molecule has 128 valence electrons. The highest BCUT2D eigenvalue weighted by Crippen LogP contribution is 2.17. The van der Waals surface area contributed by atoms with Gasteiger partial charge in [-0.05, 0) is 30.3 Å². The summed E-state index contributed by atoms with van der Waals surface area (Å²) < 4.78 is 4.55. The van der Waals surface area contributed by atoms with Gasteiger partial charge in [-0.1, -0.05) is 6.07 Å². The van der Waals surface area contributed by atoms with E-state index in [2.05, 4.69) is 15.4 Å². The van der Waals surface area contributed by atoms with E-state index < -0.39 is 22.7 Å². The van der Waals surface area contributed by atoms with Gasteiger partial charge in [-0.25, -0.2) is 4.79 Å². The van der Waals surface area contributed by atoms with Crippen LogP contribution in [0.25, 0.3) is 0 Å². The van der Waals surface area contributed by atoms with Crippen LogP contribution in [0.15, 0.2) is 48.5 Å². The molecule has 2 N–H and O–H groups in total. The zero-order valence-corrected chi connectivity index (χ0v) is 13.0. The summed E-state index contributed by atoms with van der Waals surface area (Å²) >= 11 is 0. The molecule has 0 spiro atoms. The Morgan fingerprint density at radius 1 is 0.960 bits per heavy atom. The van der Waals surface area contributed by atoms with Crippen LogP contribution in [0.2, 0.25) is 0 Å². The number of esters is 1. The van der Waals surface area contributed by atoms with E-state index in [1.165, 1.54) is 49.6 Å². The molecular weight excluding hydrogens is 330 g/mol. The number of benzene rings is 2. The van der Waals surface area contributed by atoms with E-state index in [0.29, 0.717) is 11.3 Å². The summed E-state index contributed by atoms with van der Waals surface area (Å²) in [6, 6.07) is 10.9. The van der Waals surface area contributed by atoms with Gasteiger partial charge in [0, 0.05) is 23.5 Å². The molecule has 25 heavy (non-hydrogen) atoms. The van der Waals surface area contributed by atoms with Gasteiger partial charge in [-0.2, -0.15) is 0 Å². The Morgan fingerprint density at radius 2 is 1.56 bits per heavy atom. The van der Waals surface area contributed by atoms with Crippen LogP contribution in [0.4, 0.5) is 17.1 Å². The minimum absolute atomic E-state index is 0.121. The van der Waals surface area contributed by atoms with Crippen molar-refractivity contribution in [2.45, 2.75) is 0 Å². The van der Waals surface area contributed by atoms with Crippen molar-refractivity contribution in [3.05, 3.63) is 64.2 Å². The molecule has 0 aliphatic rings. The summed E-state index contributed by atoms with van der Waals surface area (Å²) in [4.78, 5) is 45.1. The summed E-state index contributed by atoms with van der Waals surface area (Å²) in [5.41, 5.74) is 0.500. The molecule has 0 heterocycles. The lowest BCUT2D eigenvalue weighted by atomic mass is 10.2. The Bertz CT molecular complexity index is 832. The molecule has 0 aliphatic carbocycles. The van der Waals surface area contributed by atoms with Gasteiger partial charge in [0.1, 0.15) is 0 Å². The first-order valence-electron chi connectivity index (χ1n) is 6.96. The van der Waals surface area contributed by atoms with Gasteiger partial charge in [-0.15, -0.1) is 0 Å². The number of rotatable bonds is 4. The average molecular weight is 343 g/mol. The van der Waals surface area contributed by atoms with E-state index in [9.17, 15) is 24.5 Å². The SMILES string of the molecule is COC(=O)c1ccc(NC(=O)C(=O)Nc2cccc([N+](=O)[O-])c2)cc1. The van der Waals surface area contributed by atoms with Gasteiger partial charge >= 0.3 is 17.8 Å². The molecule has 0 radical (unpaired) electrons. The highest BCUT2D eigenvalue weighted by Gasteiger charge is 2.16. The monoisotopic (exact) mass is 343 g/mol. The highest BCUT2D eigenvalue weighted by atomic mass is 16.6. The normalized spacial score (nSPS) is 9.80. The number of carbonyl (C=O) groups excluding carboxylic acids is 3. The average Bonchev–Trinajstić information content (AvgIpc) is 2.61. The topological polar surface area (TPSA) is 128 Å². The standard InChI is InChI=1S/C16H13N3O6/c1-25-16(22)10-5-7-11(8-6-10)17-14(20)15(21)18-12-3-2-4-13(9-12)19(23)24/h2-9H,1H3,(H,17,20)(H,18,21). The predicted molar refractivity (Wildman–Crippen MR) is 88.1 cm³/mol. The van der Waals surface area contributed by atoms with E-state index in [-0.39, 0.29) is 11.4 Å². The number of nitrogens with one attached hydrogen (secondary N) is 2. The van der Waals surface area contributed by atoms with Crippen molar-refractivity contribution in [1.82, 2.24) is 0 Å². The lowest BCUT2D eigenvalue weighted by Gasteiger charge is -2.07. The van der Waals surface area contributed by atoms with E-state index in [4.69, 9.17) is 0 Å². The first-order chi connectivity index (χ1) is 11.9. The minimum atomic E-state index is -0.988. The lowest BCUT2D eigenvalue weighted by Crippen LogP contribution is -2.29. The number of methoxy groups -OCH3 is 1. The molecule has 0 aromatic heterocycles. The molecule has 0 atom stereocenters. The third-order valence-corrected chi connectivity index (χ3v) is 3.08. The summed E-state index contributed by atoms with van der Waals surface area (Å²) in [6.45, 7) is 0. The molecule has 0 fully saturated rings. The van der Waals surface area contributed by atoms with Crippen molar-refractivity contribution in [2.75, 3.05) is 17.7 Å². The lowest BCUT2D eigenvalue weighted by molar-refractivity contribution is -0.384. The largest absolute Gasteiger partial charge is 0.465 e. The fourth-order valence-electron chi connectivity index (χ4n) is 1.88. The predicted octanol–water partition coefficient (Wildman–Crippen LogP) is 1.96.